The lowest BCUT2D eigenvalue weighted by Gasteiger charge is -2.25. The number of benzene rings is 1. The van der Waals surface area contributed by atoms with E-state index in [0.29, 0.717) is 0 Å². The number of nitrogens with zero attached hydrogens (tertiary/aromatic N) is 3. The second-order valence-corrected chi connectivity index (χ2v) is 8.41. The highest BCUT2D eigenvalue weighted by Gasteiger charge is 2.19. The lowest BCUT2D eigenvalue weighted by atomic mass is 9.96. The fourth-order valence-electron chi connectivity index (χ4n) is 3.68. The van der Waals surface area contributed by atoms with Gasteiger partial charge in [-0.05, 0) is 62.4 Å². The Morgan fingerprint density at radius 1 is 1.25 bits per heavy atom. The van der Waals surface area contributed by atoms with Crippen LogP contribution in [0.5, 0.6) is 0 Å². The number of thiazole rings is 1. The Labute approximate surface area is 148 Å². The third kappa shape index (κ3) is 3.05. The Hall–Kier alpha value is -1.52. The van der Waals surface area contributed by atoms with E-state index < -0.39 is 0 Å². The van der Waals surface area contributed by atoms with Crippen molar-refractivity contribution in [3.63, 3.8) is 0 Å². The molecule has 0 fully saturated rings. The summed E-state index contributed by atoms with van der Waals surface area (Å²) in [5.41, 5.74) is 6.58. The summed E-state index contributed by atoms with van der Waals surface area (Å²) in [6.07, 6.45) is 3.46. The van der Waals surface area contributed by atoms with Crippen molar-refractivity contribution in [1.82, 2.24) is 9.88 Å². The zero-order valence-electron chi connectivity index (χ0n) is 14.8. The zero-order chi connectivity index (χ0) is 16.7. The van der Waals surface area contributed by atoms with Crippen LogP contribution >= 0.6 is 11.3 Å². The van der Waals surface area contributed by atoms with E-state index in [9.17, 15) is 0 Å². The SMILES string of the molecule is CC1=C(c2nc3cc(C4=NC[C@@H](C)CC4)ccc3s2)CCN(C)C1. The quantitative estimate of drug-likeness (QED) is 0.798. The molecule has 0 bridgehead atoms. The van der Waals surface area contributed by atoms with Crippen molar-refractivity contribution in [3.8, 4) is 0 Å². The third-order valence-electron chi connectivity index (χ3n) is 5.21. The van der Waals surface area contributed by atoms with Gasteiger partial charge in [-0.1, -0.05) is 18.6 Å². The molecule has 3 heterocycles. The Morgan fingerprint density at radius 3 is 2.88 bits per heavy atom. The molecule has 0 saturated heterocycles. The van der Waals surface area contributed by atoms with Crippen LogP contribution in [-0.2, 0) is 0 Å². The Kier molecular flexibility index (Phi) is 4.27. The van der Waals surface area contributed by atoms with Gasteiger partial charge >= 0.3 is 0 Å². The van der Waals surface area contributed by atoms with E-state index >= 15 is 0 Å². The molecule has 0 N–H and O–H groups in total. The average molecular weight is 340 g/mol. The molecular formula is C20H25N3S. The van der Waals surface area contributed by atoms with E-state index in [-0.39, 0.29) is 0 Å². The maximum atomic E-state index is 4.97. The van der Waals surface area contributed by atoms with Crippen molar-refractivity contribution in [2.75, 3.05) is 26.7 Å². The van der Waals surface area contributed by atoms with E-state index in [1.54, 1.807) is 0 Å². The van der Waals surface area contributed by atoms with E-state index in [2.05, 4.69) is 44.0 Å². The summed E-state index contributed by atoms with van der Waals surface area (Å²) < 4.78 is 1.29. The Morgan fingerprint density at radius 2 is 2.12 bits per heavy atom. The summed E-state index contributed by atoms with van der Waals surface area (Å²) in [6.45, 7) is 7.69. The first kappa shape index (κ1) is 16.0. The number of hydrogen-bond acceptors (Lipinski definition) is 4. The van der Waals surface area contributed by atoms with Crippen molar-refractivity contribution in [3.05, 3.63) is 34.3 Å². The van der Waals surface area contributed by atoms with Gasteiger partial charge in [0.15, 0.2) is 0 Å². The van der Waals surface area contributed by atoms with Crippen molar-refractivity contribution >= 4 is 32.8 Å². The zero-order valence-corrected chi connectivity index (χ0v) is 15.6. The molecule has 4 heteroatoms. The summed E-state index contributed by atoms with van der Waals surface area (Å²) in [5, 5.41) is 1.21. The predicted molar refractivity (Wildman–Crippen MR) is 104 cm³/mol. The molecule has 1 aromatic heterocycles. The van der Waals surface area contributed by atoms with Crippen LogP contribution in [0.1, 0.15) is 43.7 Å². The monoisotopic (exact) mass is 339 g/mol. The first-order valence-electron chi connectivity index (χ1n) is 8.92. The van der Waals surface area contributed by atoms with E-state index in [4.69, 9.17) is 9.98 Å². The molecule has 2 aromatic rings. The largest absolute Gasteiger partial charge is 0.302 e. The van der Waals surface area contributed by atoms with Gasteiger partial charge in [-0.15, -0.1) is 11.3 Å². The van der Waals surface area contributed by atoms with Gasteiger partial charge in [0, 0.05) is 25.3 Å². The number of hydrogen-bond donors (Lipinski definition) is 0. The topological polar surface area (TPSA) is 28.5 Å². The molecule has 0 radical (unpaired) electrons. The summed E-state index contributed by atoms with van der Waals surface area (Å²) in [6, 6.07) is 6.71. The minimum Gasteiger partial charge on any atom is -0.302 e. The highest BCUT2D eigenvalue weighted by Crippen LogP contribution is 2.33. The van der Waals surface area contributed by atoms with Gasteiger partial charge < -0.3 is 4.90 Å². The van der Waals surface area contributed by atoms with Gasteiger partial charge in [0.25, 0.3) is 0 Å². The molecule has 4 rings (SSSR count). The highest BCUT2D eigenvalue weighted by molar-refractivity contribution is 7.19. The van der Waals surface area contributed by atoms with Gasteiger partial charge in [-0.3, -0.25) is 4.99 Å². The number of aliphatic imine (C=N–C) groups is 1. The third-order valence-corrected chi connectivity index (χ3v) is 6.31. The standard InChI is InChI=1S/C20H25N3S/c1-13-4-6-17(21-11-13)15-5-7-19-18(10-15)22-20(24-19)16-8-9-23(3)12-14(16)2/h5,7,10,13H,4,6,8-9,11-12H2,1-3H3/t13-/m0/s1. The second kappa shape index (κ2) is 6.41. The van der Waals surface area contributed by atoms with Gasteiger partial charge in [0.1, 0.15) is 5.01 Å². The van der Waals surface area contributed by atoms with Gasteiger partial charge in [0.05, 0.1) is 10.2 Å². The maximum absolute atomic E-state index is 4.97. The molecular weight excluding hydrogens is 314 g/mol. The van der Waals surface area contributed by atoms with Crippen molar-refractivity contribution < 1.29 is 0 Å². The van der Waals surface area contributed by atoms with Gasteiger partial charge in [0.2, 0.25) is 0 Å². The normalized spacial score (nSPS) is 23.0. The lowest BCUT2D eigenvalue weighted by molar-refractivity contribution is 0.359. The van der Waals surface area contributed by atoms with Crippen molar-refractivity contribution in [1.29, 1.82) is 0 Å². The van der Waals surface area contributed by atoms with Crippen LogP contribution in [-0.4, -0.2) is 42.3 Å². The number of likely N-dealkylation sites (N-methyl/N-ethyl adjacent to an activating group) is 1. The summed E-state index contributed by atoms with van der Waals surface area (Å²) in [7, 11) is 2.19. The van der Waals surface area contributed by atoms with E-state index in [1.807, 2.05) is 11.3 Å². The first-order chi connectivity index (χ1) is 11.6. The van der Waals surface area contributed by atoms with Crippen LogP contribution < -0.4 is 0 Å². The van der Waals surface area contributed by atoms with E-state index in [1.165, 1.54) is 38.5 Å². The average Bonchev–Trinajstić information content (AvgIpc) is 2.98. The van der Waals surface area contributed by atoms with Crippen molar-refractivity contribution in [2.45, 2.75) is 33.1 Å². The van der Waals surface area contributed by atoms with Crippen LogP contribution in [0.3, 0.4) is 0 Å². The smallest absolute Gasteiger partial charge is 0.120 e. The number of rotatable bonds is 2. The fraction of sp³-hybridized carbons (Fsp3) is 0.500. The number of fused-ring (bicyclic) bond motifs is 1. The first-order valence-corrected chi connectivity index (χ1v) is 9.73. The molecule has 2 aliphatic heterocycles. The minimum atomic E-state index is 0.725. The molecule has 3 nitrogen and oxygen atoms in total. The van der Waals surface area contributed by atoms with Gasteiger partial charge in [-0.2, -0.15) is 0 Å². The molecule has 0 aliphatic carbocycles. The molecule has 24 heavy (non-hydrogen) atoms. The summed E-state index contributed by atoms with van der Waals surface area (Å²) in [5.74, 6) is 0.725. The summed E-state index contributed by atoms with van der Waals surface area (Å²) in [4.78, 5) is 12.1. The molecule has 1 aromatic carbocycles. The van der Waals surface area contributed by atoms with Crippen molar-refractivity contribution in [2.24, 2.45) is 10.9 Å². The minimum absolute atomic E-state index is 0.725. The van der Waals surface area contributed by atoms with Crippen LogP contribution in [0.25, 0.3) is 15.8 Å². The number of aromatic nitrogens is 1. The van der Waals surface area contributed by atoms with Crippen LogP contribution in [0.15, 0.2) is 28.8 Å². The second-order valence-electron chi connectivity index (χ2n) is 7.38. The van der Waals surface area contributed by atoms with Crippen LogP contribution in [0, 0.1) is 5.92 Å². The molecule has 0 spiro atoms. The van der Waals surface area contributed by atoms with Gasteiger partial charge in [-0.25, -0.2) is 4.98 Å². The Bertz CT molecular complexity index is 831. The van der Waals surface area contributed by atoms with Crippen LogP contribution in [0.2, 0.25) is 0 Å². The van der Waals surface area contributed by atoms with Crippen LogP contribution in [0.4, 0.5) is 0 Å². The molecule has 0 amide bonds. The molecule has 2 aliphatic rings. The molecule has 0 unspecified atom stereocenters. The molecule has 126 valence electrons. The van der Waals surface area contributed by atoms with E-state index in [0.717, 1.165) is 43.9 Å². The lowest BCUT2D eigenvalue weighted by Crippen LogP contribution is -2.26. The highest BCUT2D eigenvalue weighted by atomic mass is 32.1. The summed E-state index contributed by atoms with van der Waals surface area (Å²) >= 11 is 1.84. The fourth-order valence-corrected chi connectivity index (χ4v) is 4.77. The molecule has 1 atom stereocenters. The maximum Gasteiger partial charge on any atom is 0.120 e. The predicted octanol–water partition coefficient (Wildman–Crippen LogP) is 4.62. The molecule has 0 saturated carbocycles. The Balaban J connectivity index is 1.68.